The lowest BCUT2D eigenvalue weighted by Gasteiger charge is -2.13. The molecule has 0 aromatic heterocycles. The highest BCUT2D eigenvalue weighted by Crippen LogP contribution is 2.38. The number of carbonyl (C=O) groups is 3. The normalized spacial score (nSPS) is 14.7. The number of thioether (sulfide) groups is 1. The monoisotopic (exact) mass is 558 g/mol. The Labute approximate surface area is 229 Å². The Morgan fingerprint density at radius 3 is 2.33 bits per heavy atom. The van der Waals surface area contributed by atoms with Crippen LogP contribution in [-0.2, 0) is 26.3 Å². The maximum absolute atomic E-state index is 13.2. The number of nitrogens with zero attached hydrogens (tertiary/aromatic N) is 1. The molecule has 1 N–H and O–H groups in total. The van der Waals surface area contributed by atoms with Crippen molar-refractivity contribution >= 4 is 61.5 Å². The number of imide groups is 1. The van der Waals surface area contributed by atoms with Gasteiger partial charge in [-0.3, -0.25) is 19.3 Å². The van der Waals surface area contributed by atoms with Crippen LogP contribution in [0.15, 0.2) is 101 Å². The van der Waals surface area contributed by atoms with E-state index in [9.17, 15) is 22.8 Å². The van der Waals surface area contributed by atoms with Gasteiger partial charge in [0.2, 0.25) is 5.91 Å². The highest BCUT2D eigenvalue weighted by atomic mass is 32.2. The van der Waals surface area contributed by atoms with Crippen LogP contribution in [0.5, 0.6) is 5.75 Å². The number of carbonyl (C=O) groups excluding carboxylic acids is 3. The molecule has 0 saturated carbocycles. The molecule has 1 saturated heterocycles. The Balaban J connectivity index is 1.50. The summed E-state index contributed by atoms with van der Waals surface area (Å²) in [6.07, 6.45) is 1.50. The van der Waals surface area contributed by atoms with E-state index in [1.807, 2.05) is 42.5 Å². The van der Waals surface area contributed by atoms with Gasteiger partial charge in [0.1, 0.15) is 4.90 Å². The summed E-state index contributed by atoms with van der Waals surface area (Å²) in [5, 5.41) is 3.63. The van der Waals surface area contributed by atoms with Crippen molar-refractivity contribution in [2.75, 3.05) is 5.32 Å². The first-order chi connectivity index (χ1) is 18.7. The van der Waals surface area contributed by atoms with Crippen LogP contribution in [0, 0.1) is 0 Å². The van der Waals surface area contributed by atoms with E-state index in [1.54, 1.807) is 18.2 Å². The predicted molar refractivity (Wildman–Crippen MR) is 150 cm³/mol. The molecule has 39 heavy (non-hydrogen) atoms. The van der Waals surface area contributed by atoms with Crippen molar-refractivity contribution in [1.82, 2.24) is 4.90 Å². The average molecular weight is 559 g/mol. The van der Waals surface area contributed by atoms with Crippen molar-refractivity contribution in [2.24, 2.45) is 0 Å². The van der Waals surface area contributed by atoms with Gasteiger partial charge in [0.15, 0.2) is 5.75 Å². The molecule has 0 bridgehead atoms. The fraction of sp³-hybridized carbons (Fsp3) is 0.0690. The smallest absolute Gasteiger partial charge is 0.339 e. The van der Waals surface area contributed by atoms with Crippen molar-refractivity contribution in [3.63, 3.8) is 0 Å². The quantitative estimate of drug-likeness (QED) is 0.225. The maximum Gasteiger partial charge on any atom is 0.339 e. The Morgan fingerprint density at radius 1 is 0.923 bits per heavy atom. The van der Waals surface area contributed by atoms with E-state index in [1.165, 1.54) is 43.3 Å². The molecule has 5 rings (SSSR count). The van der Waals surface area contributed by atoms with Crippen LogP contribution in [0.3, 0.4) is 0 Å². The minimum Gasteiger partial charge on any atom is -0.378 e. The molecule has 3 amide bonds. The molecule has 1 heterocycles. The molecule has 1 aliphatic rings. The van der Waals surface area contributed by atoms with Crippen LogP contribution in [0.1, 0.15) is 18.1 Å². The molecule has 8 nitrogen and oxygen atoms in total. The minimum absolute atomic E-state index is 0.00879. The molecule has 0 radical (unpaired) electrons. The zero-order chi connectivity index (χ0) is 27.6. The number of amides is 3. The van der Waals surface area contributed by atoms with Gasteiger partial charge in [-0.15, -0.1) is 0 Å². The van der Waals surface area contributed by atoms with E-state index in [0.717, 1.165) is 27.6 Å². The third-order valence-corrected chi connectivity index (χ3v) is 8.08. The summed E-state index contributed by atoms with van der Waals surface area (Å²) in [7, 11) is -4.27. The molecule has 0 atom stereocenters. The lowest BCUT2D eigenvalue weighted by molar-refractivity contribution is -0.123. The van der Waals surface area contributed by atoms with Crippen LogP contribution in [0.4, 0.5) is 10.5 Å². The molecule has 0 spiro atoms. The number of nitrogens with one attached hydrogen (secondary N) is 1. The van der Waals surface area contributed by atoms with Gasteiger partial charge in [0.25, 0.3) is 11.1 Å². The van der Waals surface area contributed by atoms with Crippen molar-refractivity contribution in [1.29, 1.82) is 0 Å². The number of hydrogen-bond donors (Lipinski definition) is 1. The molecular weight excluding hydrogens is 536 g/mol. The van der Waals surface area contributed by atoms with Gasteiger partial charge in [-0.1, -0.05) is 60.7 Å². The molecule has 10 heteroatoms. The second-order valence-electron chi connectivity index (χ2n) is 8.69. The van der Waals surface area contributed by atoms with Crippen LogP contribution >= 0.6 is 11.8 Å². The Bertz CT molecular complexity index is 1730. The molecular formula is C29H22N2O6S2. The summed E-state index contributed by atoms with van der Waals surface area (Å²) in [4.78, 5) is 38.4. The summed E-state index contributed by atoms with van der Waals surface area (Å²) < 4.78 is 31.9. The van der Waals surface area contributed by atoms with Gasteiger partial charge in [0, 0.05) is 18.2 Å². The van der Waals surface area contributed by atoms with Crippen molar-refractivity contribution in [3.05, 3.63) is 107 Å². The van der Waals surface area contributed by atoms with E-state index >= 15 is 0 Å². The number of fused-ring (bicyclic) bond motifs is 1. The highest BCUT2D eigenvalue weighted by Gasteiger charge is 2.35. The number of hydrogen-bond acceptors (Lipinski definition) is 7. The summed E-state index contributed by atoms with van der Waals surface area (Å²) in [5.74, 6) is -0.741. The number of benzene rings is 4. The number of rotatable bonds is 7. The molecule has 0 aliphatic carbocycles. The zero-order valence-electron chi connectivity index (χ0n) is 20.7. The third-order valence-electron chi connectivity index (χ3n) is 5.93. The van der Waals surface area contributed by atoms with Crippen molar-refractivity contribution < 1.29 is 27.0 Å². The first kappa shape index (κ1) is 26.2. The second kappa shape index (κ2) is 10.8. The summed E-state index contributed by atoms with van der Waals surface area (Å²) >= 11 is 0.793. The van der Waals surface area contributed by atoms with E-state index in [0.29, 0.717) is 16.6 Å². The molecule has 1 fully saturated rings. The second-order valence-corrected chi connectivity index (χ2v) is 11.2. The lowest BCUT2D eigenvalue weighted by Crippen LogP contribution is -2.27. The van der Waals surface area contributed by atoms with Gasteiger partial charge in [-0.25, -0.2) is 0 Å². The van der Waals surface area contributed by atoms with Crippen LogP contribution in [-0.4, -0.2) is 30.4 Å². The highest BCUT2D eigenvalue weighted by molar-refractivity contribution is 8.18. The maximum atomic E-state index is 13.2. The fourth-order valence-corrected chi connectivity index (χ4v) is 5.87. The molecule has 4 aromatic rings. The van der Waals surface area contributed by atoms with E-state index in [4.69, 9.17) is 4.18 Å². The van der Waals surface area contributed by atoms with Crippen molar-refractivity contribution in [3.8, 4) is 5.75 Å². The van der Waals surface area contributed by atoms with Crippen LogP contribution in [0.25, 0.3) is 16.8 Å². The summed E-state index contributed by atoms with van der Waals surface area (Å²) in [5.41, 5.74) is 1.61. The van der Waals surface area contributed by atoms with Gasteiger partial charge < -0.3 is 9.50 Å². The first-order valence-electron chi connectivity index (χ1n) is 11.8. The standard InChI is InChI=1S/C29H22N2O6S2/c1-19(32)30-22-12-14-23(15-13-22)39(35,36)37-26-16-11-21-9-5-6-10-24(21)25(26)17-27-28(33)31(29(34)38-27)18-20-7-3-2-4-8-20/h2-17H,18H2,1H3,(H,30,32)/b27-17-. The van der Waals surface area contributed by atoms with Crippen LogP contribution in [0.2, 0.25) is 0 Å². The van der Waals surface area contributed by atoms with Crippen molar-refractivity contribution in [2.45, 2.75) is 18.4 Å². The molecule has 0 unspecified atom stereocenters. The molecule has 4 aromatic carbocycles. The lowest BCUT2D eigenvalue weighted by atomic mass is 10.0. The Morgan fingerprint density at radius 2 is 1.62 bits per heavy atom. The first-order valence-corrected chi connectivity index (χ1v) is 14.1. The van der Waals surface area contributed by atoms with E-state index in [-0.39, 0.29) is 28.0 Å². The fourth-order valence-electron chi connectivity index (χ4n) is 4.11. The Kier molecular flexibility index (Phi) is 7.23. The topological polar surface area (TPSA) is 110 Å². The van der Waals surface area contributed by atoms with Gasteiger partial charge in [-0.2, -0.15) is 8.42 Å². The SMILES string of the molecule is CC(=O)Nc1ccc(S(=O)(=O)Oc2ccc3ccccc3c2/C=C2\SC(=O)N(Cc3ccccc3)C2=O)cc1. The predicted octanol–water partition coefficient (Wildman–Crippen LogP) is 5.80. The average Bonchev–Trinajstić information content (AvgIpc) is 3.18. The molecule has 1 aliphatic heterocycles. The van der Waals surface area contributed by atoms with E-state index in [2.05, 4.69) is 5.32 Å². The van der Waals surface area contributed by atoms with Gasteiger partial charge in [-0.05, 0) is 64.5 Å². The largest absolute Gasteiger partial charge is 0.378 e. The van der Waals surface area contributed by atoms with Gasteiger partial charge >= 0.3 is 10.1 Å². The number of anilines is 1. The third kappa shape index (κ3) is 5.71. The van der Waals surface area contributed by atoms with E-state index < -0.39 is 21.3 Å². The minimum atomic E-state index is -4.27. The zero-order valence-corrected chi connectivity index (χ0v) is 22.3. The Hall–Kier alpha value is -4.41. The summed E-state index contributed by atoms with van der Waals surface area (Å²) in [6, 6.07) is 25.3. The molecule has 196 valence electrons. The summed E-state index contributed by atoms with van der Waals surface area (Å²) in [6.45, 7) is 1.48. The van der Waals surface area contributed by atoms with Crippen LogP contribution < -0.4 is 9.50 Å². The van der Waals surface area contributed by atoms with Gasteiger partial charge in [0.05, 0.1) is 11.4 Å².